The van der Waals surface area contributed by atoms with Crippen LogP contribution in [0.15, 0.2) is 82.8 Å². The summed E-state index contributed by atoms with van der Waals surface area (Å²) in [4.78, 5) is 38.6. The Bertz CT molecular complexity index is 1220. The number of amides is 4. The van der Waals surface area contributed by atoms with Crippen LogP contribution < -0.4 is 15.0 Å². The Kier molecular flexibility index (Phi) is 6.04. The zero-order valence-corrected chi connectivity index (χ0v) is 18.2. The van der Waals surface area contributed by atoms with Crippen molar-refractivity contribution in [3.8, 4) is 11.5 Å². The van der Waals surface area contributed by atoms with Gasteiger partial charge in [0.2, 0.25) is 0 Å². The van der Waals surface area contributed by atoms with E-state index in [2.05, 4.69) is 21.2 Å². The number of rotatable bonds is 5. The summed E-state index contributed by atoms with van der Waals surface area (Å²) in [6.07, 6.45) is 1.36. The van der Waals surface area contributed by atoms with Crippen LogP contribution in [0.5, 0.6) is 11.5 Å². The molecule has 0 aromatic heterocycles. The number of phenolic OH excluding ortho intramolecular Hbond substituents is 1. The maximum absolute atomic E-state index is 13.0. The molecule has 0 aliphatic carbocycles. The lowest BCUT2D eigenvalue weighted by Crippen LogP contribution is -2.54. The minimum atomic E-state index is -0.831. The highest BCUT2D eigenvalue weighted by Crippen LogP contribution is 2.27. The summed E-state index contributed by atoms with van der Waals surface area (Å²) in [6, 6.07) is 19.8. The fraction of sp³-hybridized carbons (Fsp3) is 0.0417. The van der Waals surface area contributed by atoms with Gasteiger partial charge in [0.05, 0.1) is 10.2 Å². The average molecular weight is 493 g/mol. The smallest absolute Gasteiger partial charge is 0.335 e. The van der Waals surface area contributed by atoms with Crippen LogP contribution in [0.3, 0.4) is 0 Å². The van der Waals surface area contributed by atoms with E-state index in [0.717, 1.165) is 10.5 Å². The maximum Gasteiger partial charge on any atom is 0.335 e. The number of nitrogens with zero attached hydrogens (tertiary/aromatic N) is 1. The zero-order chi connectivity index (χ0) is 22.7. The molecule has 0 unspecified atom stereocenters. The molecule has 3 aromatic rings. The molecule has 0 spiro atoms. The van der Waals surface area contributed by atoms with Crippen LogP contribution in [0.2, 0.25) is 0 Å². The van der Waals surface area contributed by atoms with Crippen molar-refractivity contribution in [3.63, 3.8) is 0 Å². The lowest BCUT2D eigenvalue weighted by Gasteiger charge is -2.26. The molecule has 1 aliphatic heterocycles. The van der Waals surface area contributed by atoms with Crippen LogP contribution in [0.1, 0.15) is 11.1 Å². The summed E-state index contributed by atoms with van der Waals surface area (Å²) in [5.41, 5.74) is 1.61. The summed E-state index contributed by atoms with van der Waals surface area (Å²) in [6.45, 7) is 0.382. The van der Waals surface area contributed by atoms with Gasteiger partial charge in [0.15, 0.2) is 0 Å². The molecular weight excluding hydrogens is 476 g/mol. The zero-order valence-electron chi connectivity index (χ0n) is 16.6. The van der Waals surface area contributed by atoms with Gasteiger partial charge in [-0.1, -0.05) is 36.4 Å². The van der Waals surface area contributed by atoms with Gasteiger partial charge in [-0.2, -0.15) is 0 Å². The number of ether oxygens (including phenoxy) is 1. The van der Waals surface area contributed by atoms with Gasteiger partial charge in [-0.05, 0) is 69.5 Å². The fourth-order valence-electron chi connectivity index (χ4n) is 3.10. The molecule has 32 heavy (non-hydrogen) atoms. The maximum atomic E-state index is 13.0. The Morgan fingerprint density at radius 2 is 1.69 bits per heavy atom. The molecule has 4 rings (SSSR count). The number of imide groups is 2. The molecule has 1 aliphatic rings. The Hall–Kier alpha value is -3.91. The molecule has 3 aromatic carbocycles. The molecule has 160 valence electrons. The van der Waals surface area contributed by atoms with E-state index in [1.54, 1.807) is 36.4 Å². The largest absolute Gasteiger partial charge is 0.507 e. The molecule has 1 heterocycles. The predicted octanol–water partition coefficient (Wildman–Crippen LogP) is 4.40. The predicted molar refractivity (Wildman–Crippen MR) is 122 cm³/mol. The second kappa shape index (κ2) is 9.07. The molecule has 2 N–H and O–H groups in total. The third-order valence-corrected chi connectivity index (χ3v) is 5.36. The van der Waals surface area contributed by atoms with Crippen LogP contribution in [0.25, 0.3) is 6.08 Å². The van der Waals surface area contributed by atoms with Gasteiger partial charge in [0.1, 0.15) is 23.7 Å². The minimum Gasteiger partial charge on any atom is -0.507 e. The number of benzene rings is 3. The van der Waals surface area contributed by atoms with E-state index >= 15 is 0 Å². The van der Waals surface area contributed by atoms with Crippen molar-refractivity contribution in [2.45, 2.75) is 6.61 Å². The van der Waals surface area contributed by atoms with Crippen LogP contribution in [-0.2, 0) is 16.2 Å². The first kappa shape index (κ1) is 21.3. The number of nitrogens with one attached hydrogen (secondary N) is 1. The number of urea groups is 1. The Balaban J connectivity index is 1.55. The number of anilines is 1. The van der Waals surface area contributed by atoms with Gasteiger partial charge in [0.25, 0.3) is 11.8 Å². The van der Waals surface area contributed by atoms with Crippen LogP contribution in [-0.4, -0.2) is 23.0 Å². The van der Waals surface area contributed by atoms with Crippen molar-refractivity contribution in [1.82, 2.24) is 5.32 Å². The Morgan fingerprint density at radius 1 is 0.969 bits per heavy atom. The Morgan fingerprint density at radius 3 is 2.38 bits per heavy atom. The number of hydrogen-bond donors (Lipinski definition) is 2. The van der Waals surface area contributed by atoms with Gasteiger partial charge in [-0.3, -0.25) is 14.9 Å². The minimum absolute atomic E-state index is 0.0259. The molecular formula is C24H17BrN2O5. The molecule has 0 bridgehead atoms. The van der Waals surface area contributed by atoms with E-state index in [0.29, 0.717) is 28.1 Å². The van der Waals surface area contributed by atoms with Crippen molar-refractivity contribution in [2.75, 3.05) is 4.90 Å². The highest BCUT2D eigenvalue weighted by molar-refractivity contribution is 9.10. The highest BCUT2D eigenvalue weighted by atomic mass is 79.9. The molecule has 7 nitrogen and oxygen atoms in total. The van der Waals surface area contributed by atoms with Crippen molar-refractivity contribution in [3.05, 3.63) is 94.0 Å². The number of barbiturate groups is 1. The standard InChI is InChI=1S/C24H17BrN2O5/c25-20-13-16(6-11-21(20)28)12-19-22(29)26-24(31)27(23(19)30)17-7-9-18(10-8-17)32-14-15-4-2-1-3-5-15/h1-13,28H,14H2,(H,26,29,31)/b19-12-. The van der Waals surface area contributed by atoms with E-state index in [-0.39, 0.29) is 11.3 Å². The number of hydrogen-bond acceptors (Lipinski definition) is 5. The number of phenols is 1. The van der Waals surface area contributed by atoms with Crippen LogP contribution >= 0.6 is 15.9 Å². The molecule has 1 fully saturated rings. The first-order valence-electron chi connectivity index (χ1n) is 9.59. The number of carbonyl (C=O) groups excluding carboxylic acids is 3. The van der Waals surface area contributed by atoms with E-state index in [1.807, 2.05) is 30.3 Å². The van der Waals surface area contributed by atoms with E-state index in [4.69, 9.17) is 4.74 Å². The number of halogens is 1. The Labute approximate surface area is 192 Å². The van der Waals surface area contributed by atoms with Crippen molar-refractivity contribution in [1.29, 1.82) is 0 Å². The fourth-order valence-corrected chi connectivity index (χ4v) is 3.50. The van der Waals surface area contributed by atoms with Gasteiger partial charge in [-0.25, -0.2) is 9.69 Å². The number of aromatic hydroxyl groups is 1. The topological polar surface area (TPSA) is 95.9 Å². The van der Waals surface area contributed by atoms with Gasteiger partial charge >= 0.3 is 6.03 Å². The lowest BCUT2D eigenvalue weighted by molar-refractivity contribution is -0.122. The quantitative estimate of drug-likeness (QED) is 0.406. The first-order chi connectivity index (χ1) is 15.4. The molecule has 8 heteroatoms. The molecule has 1 saturated heterocycles. The third kappa shape index (κ3) is 4.55. The summed E-state index contributed by atoms with van der Waals surface area (Å²) in [5.74, 6) is -0.939. The van der Waals surface area contributed by atoms with Gasteiger partial charge < -0.3 is 9.84 Å². The summed E-state index contributed by atoms with van der Waals surface area (Å²) in [5, 5.41) is 11.8. The average Bonchev–Trinajstić information content (AvgIpc) is 2.79. The monoisotopic (exact) mass is 492 g/mol. The molecule has 4 amide bonds. The normalized spacial score (nSPS) is 15.1. The second-order valence-corrected chi connectivity index (χ2v) is 7.79. The molecule has 0 saturated carbocycles. The molecule has 0 radical (unpaired) electrons. The van der Waals surface area contributed by atoms with Gasteiger partial charge in [-0.15, -0.1) is 0 Å². The number of carbonyl (C=O) groups is 3. The van der Waals surface area contributed by atoms with Gasteiger partial charge in [0, 0.05) is 0 Å². The first-order valence-corrected chi connectivity index (χ1v) is 10.4. The van der Waals surface area contributed by atoms with Crippen molar-refractivity contribution in [2.24, 2.45) is 0 Å². The molecule has 0 atom stereocenters. The van der Waals surface area contributed by atoms with E-state index in [9.17, 15) is 19.5 Å². The van der Waals surface area contributed by atoms with Crippen molar-refractivity contribution < 1.29 is 24.2 Å². The highest BCUT2D eigenvalue weighted by Gasteiger charge is 2.36. The van der Waals surface area contributed by atoms with Crippen LogP contribution in [0, 0.1) is 0 Å². The summed E-state index contributed by atoms with van der Waals surface area (Å²) >= 11 is 3.19. The SMILES string of the molecule is O=C1NC(=O)N(c2ccc(OCc3ccccc3)cc2)C(=O)/C1=C\c1ccc(O)c(Br)c1. The van der Waals surface area contributed by atoms with E-state index < -0.39 is 17.8 Å². The second-order valence-electron chi connectivity index (χ2n) is 6.94. The van der Waals surface area contributed by atoms with E-state index in [1.165, 1.54) is 12.1 Å². The van der Waals surface area contributed by atoms with Crippen LogP contribution in [0.4, 0.5) is 10.5 Å². The lowest BCUT2D eigenvalue weighted by atomic mass is 10.1. The third-order valence-electron chi connectivity index (χ3n) is 4.73. The summed E-state index contributed by atoms with van der Waals surface area (Å²) in [7, 11) is 0. The summed E-state index contributed by atoms with van der Waals surface area (Å²) < 4.78 is 6.14. The van der Waals surface area contributed by atoms with Crippen molar-refractivity contribution >= 4 is 45.5 Å².